The van der Waals surface area contributed by atoms with Crippen LogP contribution in [0.1, 0.15) is 264 Å². The summed E-state index contributed by atoms with van der Waals surface area (Å²) in [5.74, 6) is -0.201. The van der Waals surface area contributed by atoms with Crippen LogP contribution in [0.15, 0.2) is 0 Å². The van der Waals surface area contributed by atoms with Crippen LogP contribution >= 0.6 is 0 Å². The summed E-state index contributed by atoms with van der Waals surface area (Å²) < 4.78 is 22.8. The highest BCUT2D eigenvalue weighted by atomic mass is 16.7. The van der Waals surface area contributed by atoms with Crippen LogP contribution < -0.4 is 5.32 Å². The van der Waals surface area contributed by atoms with Crippen molar-refractivity contribution in [3.05, 3.63) is 0 Å². The number of nitrogens with one attached hydrogen (secondary N) is 1. The molecular formula is C57H111NO13. The van der Waals surface area contributed by atoms with Crippen LogP contribution in [0.2, 0.25) is 0 Å². The fourth-order valence-corrected chi connectivity index (χ4v) is 10.2. The Balaban J connectivity index is 1.71. The maximum atomic E-state index is 13.3. The average molecular weight is 1020 g/mol. The highest BCUT2D eigenvalue weighted by Crippen LogP contribution is 2.30. The Morgan fingerprint density at radius 3 is 1.20 bits per heavy atom. The van der Waals surface area contributed by atoms with Gasteiger partial charge in [0.2, 0.25) is 5.91 Å². The molecule has 12 atom stereocenters. The molecule has 422 valence electrons. The van der Waals surface area contributed by atoms with Crippen molar-refractivity contribution in [1.29, 1.82) is 0 Å². The van der Waals surface area contributed by atoms with Crippen molar-refractivity contribution in [3.8, 4) is 0 Å². The number of rotatable bonds is 48. The van der Waals surface area contributed by atoms with Gasteiger partial charge in [-0.1, -0.05) is 245 Å². The molecule has 0 spiro atoms. The second-order valence-corrected chi connectivity index (χ2v) is 21.5. The molecule has 0 aromatic rings. The molecule has 71 heavy (non-hydrogen) atoms. The fraction of sp³-hybridized carbons (Fsp3) is 0.982. The number of carbonyl (C=O) groups is 1. The summed E-state index contributed by atoms with van der Waals surface area (Å²) in [6, 6.07) is -0.821. The third-order valence-corrected chi connectivity index (χ3v) is 15.1. The molecule has 0 bridgehead atoms. The van der Waals surface area contributed by atoms with Gasteiger partial charge in [0, 0.05) is 6.42 Å². The zero-order chi connectivity index (χ0) is 51.7. The molecule has 0 aromatic carbocycles. The summed E-state index contributed by atoms with van der Waals surface area (Å²) in [4.78, 5) is 13.3. The van der Waals surface area contributed by atoms with Crippen LogP contribution in [0.25, 0.3) is 0 Å². The monoisotopic (exact) mass is 1020 g/mol. The molecule has 2 saturated heterocycles. The van der Waals surface area contributed by atoms with Crippen LogP contribution in [0.3, 0.4) is 0 Å². The smallest absolute Gasteiger partial charge is 0.220 e. The van der Waals surface area contributed by atoms with Crippen LogP contribution in [-0.4, -0.2) is 140 Å². The first-order chi connectivity index (χ1) is 34.6. The van der Waals surface area contributed by atoms with E-state index in [2.05, 4.69) is 19.2 Å². The van der Waals surface area contributed by atoms with E-state index in [4.69, 9.17) is 18.9 Å². The Labute approximate surface area is 432 Å². The summed E-state index contributed by atoms with van der Waals surface area (Å²) in [7, 11) is 0. The number of aliphatic hydroxyl groups is 8. The number of carbonyl (C=O) groups excluding carboxylic acids is 1. The van der Waals surface area contributed by atoms with Crippen LogP contribution in [0, 0.1) is 0 Å². The SMILES string of the molecule is CCCCCCCCCCCCCCCCCCCCCCCCCCC(=O)NC(COC1OC(CO)C(OC2OC(CO)C(O)C(O)C2O)C(O)C1O)C(O)CCCCCCCCCCCCCCC. The summed E-state index contributed by atoms with van der Waals surface area (Å²) in [5.41, 5.74) is 0. The van der Waals surface area contributed by atoms with Crippen molar-refractivity contribution < 1.29 is 64.6 Å². The van der Waals surface area contributed by atoms with Gasteiger partial charge in [-0.05, 0) is 12.8 Å². The van der Waals surface area contributed by atoms with E-state index in [9.17, 15) is 45.6 Å². The minimum absolute atomic E-state index is 0.201. The molecule has 14 heteroatoms. The molecule has 12 unspecified atom stereocenters. The minimum atomic E-state index is -1.78. The molecule has 9 N–H and O–H groups in total. The van der Waals surface area contributed by atoms with Gasteiger partial charge in [-0.3, -0.25) is 4.79 Å². The largest absolute Gasteiger partial charge is 0.394 e. The second-order valence-electron chi connectivity index (χ2n) is 21.5. The number of hydrogen-bond donors (Lipinski definition) is 9. The molecule has 2 rings (SSSR count). The Bertz CT molecular complexity index is 1200. The molecular weight excluding hydrogens is 907 g/mol. The molecule has 0 radical (unpaired) electrons. The number of ether oxygens (including phenoxy) is 4. The predicted octanol–water partition coefficient (Wildman–Crippen LogP) is 9.73. The first-order valence-corrected chi connectivity index (χ1v) is 29.8. The standard InChI is InChI=1S/C57H111NO13/c1-3-5-7-9-11-13-15-17-18-19-20-21-22-23-24-25-26-27-29-31-33-35-37-39-41-49(62)58-45(46(61)40-38-36-34-32-30-28-16-14-12-10-8-6-4-2)44-68-56-54(67)52(65)55(48(43-60)70-56)71-57-53(66)51(64)50(63)47(42-59)69-57/h45-48,50-57,59-61,63-67H,3-44H2,1-2H3,(H,58,62). The molecule has 14 nitrogen and oxygen atoms in total. The van der Waals surface area contributed by atoms with E-state index in [0.29, 0.717) is 12.8 Å². The van der Waals surface area contributed by atoms with E-state index < -0.39 is 86.8 Å². The lowest BCUT2D eigenvalue weighted by Gasteiger charge is -2.46. The third kappa shape index (κ3) is 30.4. The topological polar surface area (TPSA) is 228 Å². The van der Waals surface area contributed by atoms with Crippen molar-refractivity contribution >= 4 is 5.91 Å². The minimum Gasteiger partial charge on any atom is -0.394 e. The normalized spacial score (nSPS) is 25.7. The zero-order valence-electron chi connectivity index (χ0n) is 45.2. The Morgan fingerprint density at radius 1 is 0.451 bits per heavy atom. The van der Waals surface area contributed by atoms with Gasteiger partial charge >= 0.3 is 0 Å². The highest BCUT2D eigenvalue weighted by molar-refractivity contribution is 5.76. The first kappa shape index (κ1) is 66.1. The molecule has 0 saturated carbocycles. The highest BCUT2D eigenvalue weighted by Gasteiger charge is 2.51. The van der Waals surface area contributed by atoms with Gasteiger partial charge in [-0.25, -0.2) is 0 Å². The van der Waals surface area contributed by atoms with Gasteiger partial charge < -0.3 is 65.1 Å². The van der Waals surface area contributed by atoms with Crippen molar-refractivity contribution in [3.63, 3.8) is 0 Å². The van der Waals surface area contributed by atoms with Crippen LogP contribution in [0.4, 0.5) is 0 Å². The predicted molar refractivity (Wildman–Crippen MR) is 282 cm³/mol. The van der Waals surface area contributed by atoms with E-state index in [-0.39, 0.29) is 12.5 Å². The van der Waals surface area contributed by atoms with Gasteiger partial charge in [0.1, 0.15) is 48.8 Å². The third-order valence-electron chi connectivity index (χ3n) is 15.1. The molecule has 0 aromatic heterocycles. The molecule has 2 aliphatic rings. The second kappa shape index (κ2) is 44.2. The zero-order valence-corrected chi connectivity index (χ0v) is 45.2. The van der Waals surface area contributed by atoms with Crippen molar-refractivity contribution in [2.24, 2.45) is 0 Å². The Morgan fingerprint density at radius 2 is 0.803 bits per heavy atom. The summed E-state index contributed by atoms with van der Waals surface area (Å²) in [6.45, 7) is 2.89. The lowest BCUT2D eigenvalue weighted by molar-refractivity contribution is -0.359. The molecule has 2 heterocycles. The van der Waals surface area contributed by atoms with Gasteiger partial charge in [0.15, 0.2) is 12.6 Å². The Hall–Kier alpha value is -1.01. The summed E-state index contributed by atoms with van der Waals surface area (Å²) >= 11 is 0. The number of hydrogen-bond acceptors (Lipinski definition) is 13. The lowest BCUT2D eigenvalue weighted by atomic mass is 9.97. The molecule has 2 fully saturated rings. The average Bonchev–Trinajstić information content (AvgIpc) is 3.37. The van der Waals surface area contributed by atoms with E-state index in [1.165, 1.54) is 186 Å². The van der Waals surface area contributed by atoms with Crippen LogP contribution in [-0.2, 0) is 23.7 Å². The van der Waals surface area contributed by atoms with Crippen LogP contribution in [0.5, 0.6) is 0 Å². The molecule has 2 aliphatic heterocycles. The lowest BCUT2D eigenvalue weighted by Crippen LogP contribution is -2.65. The van der Waals surface area contributed by atoms with E-state index in [0.717, 1.165) is 51.4 Å². The van der Waals surface area contributed by atoms with E-state index in [1.54, 1.807) is 0 Å². The first-order valence-electron chi connectivity index (χ1n) is 29.8. The quantitative estimate of drug-likeness (QED) is 0.0259. The van der Waals surface area contributed by atoms with Crippen molar-refractivity contribution in [1.82, 2.24) is 5.32 Å². The van der Waals surface area contributed by atoms with Gasteiger partial charge in [0.05, 0.1) is 32.0 Å². The van der Waals surface area contributed by atoms with Crippen molar-refractivity contribution in [2.75, 3.05) is 19.8 Å². The number of aliphatic hydroxyl groups excluding tert-OH is 8. The van der Waals surface area contributed by atoms with Gasteiger partial charge in [0.25, 0.3) is 0 Å². The maximum Gasteiger partial charge on any atom is 0.220 e. The van der Waals surface area contributed by atoms with Crippen molar-refractivity contribution in [2.45, 2.75) is 338 Å². The summed E-state index contributed by atoms with van der Waals surface area (Å²) in [6.07, 6.45) is 31.1. The maximum absolute atomic E-state index is 13.3. The van der Waals surface area contributed by atoms with E-state index in [1.807, 2.05) is 0 Å². The fourth-order valence-electron chi connectivity index (χ4n) is 10.2. The summed E-state index contributed by atoms with van der Waals surface area (Å²) in [5, 5.41) is 87.1. The number of unbranched alkanes of at least 4 members (excludes halogenated alkanes) is 35. The van der Waals surface area contributed by atoms with Gasteiger partial charge in [-0.15, -0.1) is 0 Å². The van der Waals surface area contributed by atoms with Gasteiger partial charge in [-0.2, -0.15) is 0 Å². The molecule has 1 amide bonds. The molecule has 0 aliphatic carbocycles. The Kier molecular flexibility index (Phi) is 41.1. The van der Waals surface area contributed by atoms with E-state index >= 15 is 0 Å². The number of amides is 1.